The van der Waals surface area contributed by atoms with Gasteiger partial charge >= 0.3 is 6.18 Å². The second-order valence-corrected chi connectivity index (χ2v) is 4.02. The quantitative estimate of drug-likeness (QED) is 0.778. The fourth-order valence-electron chi connectivity index (χ4n) is 1.61. The highest BCUT2D eigenvalue weighted by molar-refractivity contribution is 5.29. The van der Waals surface area contributed by atoms with E-state index >= 15 is 0 Å². The van der Waals surface area contributed by atoms with Crippen LogP contribution in [-0.4, -0.2) is 5.11 Å². The van der Waals surface area contributed by atoms with Crippen LogP contribution >= 0.6 is 0 Å². The van der Waals surface area contributed by atoms with Crippen LogP contribution in [-0.2, 0) is 6.18 Å². The van der Waals surface area contributed by atoms with Crippen LogP contribution in [0.2, 0.25) is 0 Å². The molecule has 1 aliphatic carbocycles. The number of hydrogen-bond donors (Lipinski definition) is 1. The minimum Gasteiger partial charge on any atom is -0.388 e. The summed E-state index contributed by atoms with van der Waals surface area (Å²) in [6.07, 6.45) is -4.17. The SMILES string of the molecule is OC(c1cc(C(F)(F)F)ccc1F)C1CC1. The number of halogens is 4. The zero-order chi connectivity index (χ0) is 11.9. The number of aliphatic hydroxyl groups is 1. The van der Waals surface area contributed by atoms with Gasteiger partial charge in [-0.1, -0.05) is 0 Å². The number of alkyl halides is 3. The summed E-state index contributed by atoms with van der Waals surface area (Å²) in [6, 6.07) is 2.13. The van der Waals surface area contributed by atoms with Gasteiger partial charge in [0.2, 0.25) is 0 Å². The smallest absolute Gasteiger partial charge is 0.388 e. The van der Waals surface area contributed by atoms with Crippen molar-refractivity contribution in [2.75, 3.05) is 0 Å². The summed E-state index contributed by atoms with van der Waals surface area (Å²) in [6.45, 7) is 0. The van der Waals surface area contributed by atoms with E-state index in [9.17, 15) is 22.7 Å². The number of hydrogen-bond acceptors (Lipinski definition) is 1. The standard InChI is InChI=1S/C11H10F4O/c12-9-4-3-7(11(13,14)15)5-8(9)10(16)6-1-2-6/h3-6,10,16H,1-2H2. The predicted molar refractivity (Wildman–Crippen MR) is 49.1 cm³/mol. The molecule has 1 nitrogen and oxygen atoms in total. The van der Waals surface area contributed by atoms with E-state index in [1.807, 2.05) is 0 Å². The van der Waals surface area contributed by atoms with Gasteiger partial charge in [0.1, 0.15) is 5.82 Å². The summed E-state index contributed by atoms with van der Waals surface area (Å²) in [7, 11) is 0. The number of rotatable bonds is 2. The van der Waals surface area contributed by atoms with Gasteiger partial charge in [0, 0.05) is 5.56 Å². The van der Waals surface area contributed by atoms with E-state index in [0.29, 0.717) is 12.1 Å². The topological polar surface area (TPSA) is 20.2 Å². The molecule has 0 radical (unpaired) electrons. The van der Waals surface area contributed by atoms with Crippen LogP contribution in [0.15, 0.2) is 18.2 Å². The first-order valence-electron chi connectivity index (χ1n) is 4.94. The van der Waals surface area contributed by atoms with Gasteiger partial charge in [-0.15, -0.1) is 0 Å². The Kier molecular flexibility index (Phi) is 2.66. The first kappa shape index (κ1) is 11.4. The molecule has 0 spiro atoms. The van der Waals surface area contributed by atoms with Gasteiger partial charge in [-0.25, -0.2) is 4.39 Å². The van der Waals surface area contributed by atoms with E-state index < -0.39 is 23.7 Å². The molecule has 2 rings (SSSR count). The van der Waals surface area contributed by atoms with Crippen LogP contribution in [0.5, 0.6) is 0 Å². The molecule has 5 heteroatoms. The monoisotopic (exact) mass is 234 g/mol. The third kappa shape index (κ3) is 2.19. The minimum absolute atomic E-state index is 0.0991. The lowest BCUT2D eigenvalue weighted by atomic mass is 10.0. The van der Waals surface area contributed by atoms with Crippen molar-refractivity contribution < 1.29 is 22.7 Å². The molecule has 1 atom stereocenters. The van der Waals surface area contributed by atoms with Gasteiger partial charge in [-0.2, -0.15) is 13.2 Å². The molecule has 0 amide bonds. The van der Waals surface area contributed by atoms with Crippen molar-refractivity contribution in [2.45, 2.75) is 25.1 Å². The molecule has 1 aromatic rings. The van der Waals surface area contributed by atoms with E-state index in [4.69, 9.17) is 0 Å². The van der Waals surface area contributed by atoms with Gasteiger partial charge in [0.25, 0.3) is 0 Å². The molecule has 1 unspecified atom stereocenters. The molecule has 1 N–H and O–H groups in total. The molecule has 16 heavy (non-hydrogen) atoms. The zero-order valence-corrected chi connectivity index (χ0v) is 8.26. The van der Waals surface area contributed by atoms with Gasteiger partial charge < -0.3 is 5.11 Å². The maximum Gasteiger partial charge on any atom is 0.416 e. The Labute approximate surface area is 89.7 Å². The Hall–Kier alpha value is -1.10. The highest BCUT2D eigenvalue weighted by atomic mass is 19.4. The van der Waals surface area contributed by atoms with Crippen LogP contribution in [0.1, 0.15) is 30.1 Å². The molecule has 0 bridgehead atoms. The lowest BCUT2D eigenvalue weighted by Gasteiger charge is -2.13. The molecule has 0 aromatic heterocycles. The van der Waals surface area contributed by atoms with Crippen molar-refractivity contribution in [1.29, 1.82) is 0 Å². The molecule has 0 aliphatic heterocycles. The Morgan fingerprint density at radius 3 is 2.38 bits per heavy atom. The van der Waals surface area contributed by atoms with Crippen LogP contribution in [0, 0.1) is 11.7 Å². The normalized spacial score (nSPS) is 18.6. The number of aliphatic hydroxyl groups excluding tert-OH is 1. The van der Waals surface area contributed by atoms with Crippen molar-refractivity contribution in [3.63, 3.8) is 0 Å². The molecular weight excluding hydrogens is 224 g/mol. The van der Waals surface area contributed by atoms with Crippen molar-refractivity contribution in [3.05, 3.63) is 35.1 Å². The summed E-state index contributed by atoms with van der Waals surface area (Å²) < 4.78 is 50.4. The minimum atomic E-state index is -4.51. The van der Waals surface area contributed by atoms with Gasteiger partial charge in [-0.05, 0) is 37.0 Å². The summed E-state index contributed by atoms with van der Waals surface area (Å²) in [4.78, 5) is 0. The second kappa shape index (κ2) is 3.73. The van der Waals surface area contributed by atoms with Gasteiger partial charge in [0.15, 0.2) is 0 Å². The highest BCUT2D eigenvalue weighted by Crippen LogP contribution is 2.42. The summed E-state index contributed by atoms with van der Waals surface area (Å²) >= 11 is 0. The molecule has 0 heterocycles. The van der Waals surface area contributed by atoms with E-state index in [1.54, 1.807) is 0 Å². The van der Waals surface area contributed by atoms with Crippen molar-refractivity contribution >= 4 is 0 Å². The van der Waals surface area contributed by atoms with Crippen LogP contribution in [0.4, 0.5) is 17.6 Å². The van der Waals surface area contributed by atoms with E-state index in [-0.39, 0.29) is 11.5 Å². The third-order valence-corrected chi connectivity index (χ3v) is 2.71. The molecule has 1 aliphatic rings. The Morgan fingerprint density at radius 1 is 1.25 bits per heavy atom. The molecule has 0 saturated heterocycles. The molecule has 1 saturated carbocycles. The fourth-order valence-corrected chi connectivity index (χ4v) is 1.61. The van der Waals surface area contributed by atoms with Gasteiger partial charge in [0.05, 0.1) is 11.7 Å². The molecule has 88 valence electrons. The average Bonchev–Trinajstić information content (AvgIpc) is 2.98. The summed E-state index contributed by atoms with van der Waals surface area (Å²) in [5, 5.41) is 9.62. The highest BCUT2D eigenvalue weighted by Gasteiger charge is 2.35. The van der Waals surface area contributed by atoms with Crippen molar-refractivity contribution in [3.8, 4) is 0 Å². The van der Waals surface area contributed by atoms with Crippen molar-refractivity contribution in [1.82, 2.24) is 0 Å². The Balaban J connectivity index is 2.36. The van der Waals surface area contributed by atoms with E-state index in [1.165, 1.54) is 0 Å². The Bertz CT molecular complexity index is 395. The van der Waals surface area contributed by atoms with Gasteiger partial charge in [-0.3, -0.25) is 0 Å². The summed E-state index contributed by atoms with van der Waals surface area (Å²) in [5.74, 6) is -0.884. The second-order valence-electron chi connectivity index (χ2n) is 4.02. The largest absolute Gasteiger partial charge is 0.416 e. The lowest BCUT2D eigenvalue weighted by molar-refractivity contribution is -0.137. The Morgan fingerprint density at radius 2 is 1.88 bits per heavy atom. The van der Waals surface area contributed by atoms with Crippen LogP contribution in [0.25, 0.3) is 0 Å². The summed E-state index contributed by atoms with van der Waals surface area (Å²) in [5.41, 5.74) is -1.18. The fraction of sp³-hybridized carbons (Fsp3) is 0.455. The molecular formula is C11H10F4O. The van der Waals surface area contributed by atoms with Crippen molar-refractivity contribution in [2.24, 2.45) is 5.92 Å². The maximum atomic E-state index is 13.3. The van der Waals surface area contributed by atoms with E-state index in [0.717, 1.165) is 18.9 Å². The van der Waals surface area contributed by atoms with E-state index in [2.05, 4.69) is 0 Å². The predicted octanol–water partition coefficient (Wildman–Crippen LogP) is 3.29. The van der Waals surface area contributed by atoms with Crippen LogP contribution < -0.4 is 0 Å². The molecule has 1 aromatic carbocycles. The molecule has 1 fully saturated rings. The number of benzene rings is 1. The first-order chi connectivity index (χ1) is 7.39. The van der Waals surface area contributed by atoms with Crippen LogP contribution in [0.3, 0.4) is 0 Å². The third-order valence-electron chi connectivity index (χ3n) is 2.71. The average molecular weight is 234 g/mol. The maximum absolute atomic E-state index is 13.3. The first-order valence-corrected chi connectivity index (χ1v) is 4.94. The lowest BCUT2D eigenvalue weighted by Crippen LogP contribution is -2.09. The zero-order valence-electron chi connectivity index (χ0n) is 8.26.